The van der Waals surface area contributed by atoms with Crippen LogP contribution in [0.1, 0.15) is 11.4 Å². The Hall–Kier alpha value is -1.42. The first kappa shape index (κ1) is 9.15. The van der Waals surface area contributed by atoms with Crippen LogP contribution in [0.2, 0.25) is 0 Å². The molecule has 0 saturated heterocycles. The van der Waals surface area contributed by atoms with E-state index in [1.807, 2.05) is 36.8 Å². The molecule has 0 bridgehead atoms. The number of fused-ring (bicyclic) bond motifs is 1. The van der Waals surface area contributed by atoms with E-state index >= 15 is 0 Å². The number of likely N-dealkylation sites (N-methyl/N-ethyl adjacent to an activating group) is 1. The molecule has 2 aromatic heterocycles. The van der Waals surface area contributed by atoms with E-state index in [9.17, 15) is 0 Å². The van der Waals surface area contributed by atoms with Crippen LogP contribution in [0.4, 0.5) is 0 Å². The Morgan fingerprint density at radius 3 is 3.07 bits per heavy atom. The molecular weight excluding hydrogens is 176 g/mol. The van der Waals surface area contributed by atoms with Gasteiger partial charge in [0.05, 0.1) is 5.69 Å². The molecule has 1 N–H and O–H groups in total. The summed E-state index contributed by atoms with van der Waals surface area (Å²) in [7, 11) is 1.94. The highest BCUT2D eigenvalue weighted by Crippen LogP contribution is 2.06. The summed E-state index contributed by atoms with van der Waals surface area (Å²) in [5.41, 5.74) is 3.13. The number of aromatic nitrogens is 3. The van der Waals surface area contributed by atoms with Gasteiger partial charge in [0.1, 0.15) is 0 Å². The van der Waals surface area contributed by atoms with Crippen molar-refractivity contribution < 1.29 is 0 Å². The molecule has 74 valence electrons. The number of hydrogen-bond donors (Lipinski definition) is 1. The SMILES string of the molecule is CNCCc1cc2nccc(C)n2n1. The van der Waals surface area contributed by atoms with E-state index in [2.05, 4.69) is 15.4 Å². The van der Waals surface area contributed by atoms with Crippen molar-refractivity contribution in [3.63, 3.8) is 0 Å². The summed E-state index contributed by atoms with van der Waals surface area (Å²) >= 11 is 0. The van der Waals surface area contributed by atoms with E-state index in [1.165, 1.54) is 0 Å². The van der Waals surface area contributed by atoms with Gasteiger partial charge in [0.25, 0.3) is 0 Å². The van der Waals surface area contributed by atoms with Gasteiger partial charge in [-0.25, -0.2) is 9.50 Å². The Balaban J connectivity index is 2.36. The highest BCUT2D eigenvalue weighted by Gasteiger charge is 2.02. The molecule has 4 nitrogen and oxygen atoms in total. The molecule has 4 heteroatoms. The van der Waals surface area contributed by atoms with E-state index in [0.717, 1.165) is 30.0 Å². The van der Waals surface area contributed by atoms with Crippen LogP contribution in [-0.2, 0) is 6.42 Å². The number of nitrogens with one attached hydrogen (secondary N) is 1. The van der Waals surface area contributed by atoms with Gasteiger partial charge in [0.2, 0.25) is 0 Å². The van der Waals surface area contributed by atoms with Crippen molar-refractivity contribution in [2.45, 2.75) is 13.3 Å². The van der Waals surface area contributed by atoms with Crippen LogP contribution in [0.25, 0.3) is 5.65 Å². The van der Waals surface area contributed by atoms with Gasteiger partial charge < -0.3 is 5.32 Å². The third-order valence-corrected chi connectivity index (χ3v) is 2.23. The Labute approximate surface area is 83.0 Å². The van der Waals surface area contributed by atoms with Gasteiger partial charge in [-0.15, -0.1) is 0 Å². The van der Waals surface area contributed by atoms with Crippen LogP contribution < -0.4 is 5.32 Å². The molecule has 0 radical (unpaired) electrons. The summed E-state index contributed by atoms with van der Waals surface area (Å²) in [5.74, 6) is 0. The first-order valence-electron chi connectivity index (χ1n) is 4.76. The van der Waals surface area contributed by atoms with E-state index in [-0.39, 0.29) is 0 Å². The zero-order chi connectivity index (χ0) is 9.97. The minimum atomic E-state index is 0.927. The lowest BCUT2D eigenvalue weighted by Gasteiger charge is -1.95. The van der Waals surface area contributed by atoms with Gasteiger partial charge in [-0.2, -0.15) is 5.10 Å². The highest BCUT2D eigenvalue weighted by molar-refractivity contribution is 5.39. The van der Waals surface area contributed by atoms with Crippen LogP contribution in [-0.4, -0.2) is 28.2 Å². The summed E-state index contributed by atoms with van der Waals surface area (Å²) in [4.78, 5) is 4.25. The topological polar surface area (TPSA) is 42.2 Å². The van der Waals surface area contributed by atoms with Gasteiger partial charge in [-0.05, 0) is 20.0 Å². The minimum absolute atomic E-state index is 0.927. The molecule has 0 fully saturated rings. The van der Waals surface area contributed by atoms with Crippen molar-refractivity contribution in [3.05, 3.63) is 29.7 Å². The molecule has 0 aliphatic heterocycles. The number of rotatable bonds is 3. The molecule has 0 atom stereocenters. The Morgan fingerprint density at radius 1 is 1.50 bits per heavy atom. The second-order valence-electron chi connectivity index (χ2n) is 3.35. The fourth-order valence-corrected chi connectivity index (χ4v) is 1.44. The van der Waals surface area contributed by atoms with Crippen molar-refractivity contribution in [2.75, 3.05) is 13.6 Å². The van der Waals surface area contributed by atoms with E-state index in [4.69, 9.17) is 0 Å². The van der Waals surface area contributed by atoms with Gasteiger partial charge in [-0.3, -0.25) is 0 Å². The maximum absolute atomic E-state index is 4.46. The van der Waals surface area contributed by atoms with Crippen molar-refractivity contribution in [1.29, 1.82) is 0 Å². The van der Waals surface area contributed by atoms with Gasteiger partial charge >= 0.3 is 0 Å². The normalized spacial score (nSPS) is 11.0. The van der Waals surface area contributed by atoms with Crippen molar-refractivity contribution in [3.8, 4) is 0 Å². The van der Waals surface area contributed by atoms with Crippen molar-refractivity contribution in [1.82, 2.24) is 19.9 Å². The second kappa shape index (κ2) is 3.75. The number of hydrogen-bond acceptors (Lipinski definition) is 3. The van der Waals surface area contributed by atoms with Gasteiger partial charge in [-0.1, -0.05) is 0 Å². The van der Waals surface area contributed by atoms with Crippen molar-refractivity contribution >= 4 is 5.65 Å². The molecule has 0 spiro atoms. The highest BCUT2D eigenvalue weighted by atomic mass is 15.3. The lowest BCUT2D eigenvalue weighted by atomic mass is 10.3. The molecule has 0 amide bonds. The summed E-state index contributed by atoms with van der Waals surface area (Å²) in [6, 6.07) is 3.99. The standard InChI is InChI=1S/C10H14N4/c1-8-3-6-12-10-7-9(4-5-11-2)13-14(8)10/h3,6-7,11H,4-5H2,1-2H3. The minimum Gasteiger partial charge on any atom is -0.319 e. The summed E-state index contributed by atoms with van der Waals surface area (Å²) in [5, 5.41) is 7.57. The average Bonchev–Trinajstić information content (AvgIpc) is 2.59. The molecule has 2 aromatic rings. The van der Waals surface area contributed by atoms with Gasteiger partial charge in [0, 0.05) is 30.9 Å². The predicted octanol–water partition coefficient (Wildman–Crippen LogP) is 0.800. The third kappa shape index (κ3) is 1.61. The molecule has 0 aliphatic rings. The number of aryl methyl sites for hydroxylation is 1. The van der Waals surface area contributed by atoms with Crippen molar-refractivity contribution in [2.24, 2.45) is 0 Å². The van der Waals surface area contributed by atoms with Crippen LogP contribution in [0.5, 0.6) is 0 Å². The number of nitrogens with zero attached hydrogens (tertiary/aromatic N) is 3. The average molecular weight is 190 g/mol. The lowest BCUT2D eigenvalue weighted by molar-refractivity contribution is 0.759. The molecule has 0 saturated carbocycles. The molecular formula is C10H14N4. The largest absolute Gasteiger partial charge is 0.319 e. The summed E-state index contributed by atoms with van der Waals surface area (Å²) in [6.45, 7) is 2.98. The third-order valence-electron chi connectivity index (χ3n) is 2.23. The van der Waals surface area contributed by atoms with E-state index in [0.29, 0.717) is 0 Å². The molecule has 0 aliphatic carbocycles. The molecule has 0 unspecified atom stereocenters. The fourth-order valence-electron chi connectivity index (χ4n) is 1.44. The maximum atomic E-state index is 4.46. The van der Waals surface area contributed by atoms with Crippen LogP contribution in [0.3, 0.4) is 0 Å². The second-order valence-corrected chi connectivity index (χ2v) is 3.35. The predicted molar refractivity (Wildman–Crippen MR) is 55.4 cm³/mol. The Morgan fingerprint density at radius 2 is 2.36 bits per heavy atom. The quantitative estimate of drug-likeness (QED) is 0.778. The lowest BCUT2D eigenvalue weighted by Crippen LogP contribution is -2.10. The summed E-state index contributed by atoms with van der Waals surface area (Å²) in [6.07, 6.45) is 2.76. The monoisotopic (exact) mass is 190 g/mol. The first-order chi connectivity index (χ1) is 6.81. The van der Waals surface area contributed by atoms with Gasteiger partial charge in [0.15, 0.2) is 5.65 Å². The van der Waals surface area contributed by atoms with Crippen LogP contribution >= 0.6 is 0 Å². The van der Waals surface area contributed by atoms with Crippen LogP contribution in [0.15, 0.2) is 18.3 Å². The Kier molecular flexibility index (Phi) is 2.45. The van der Waals surface area contributed by atoms with E-state index in [1.54, 1.807) is 0 Å². The van der Waals surface area contributed by atoms with E-state index < -0.39 is 0 Å². The molecule has 2 heterocycles. The van der Waals surface area contributed by atoms with Crippen LogP contribution in [0, 0.1) is 6.92 Å². The molecule has 14 heavy (non-hydrogen) atoms. The zero-order valence-electron chi connectivity index (χ0n) is 8.49. The molecule has 0 aromatic carbocycles. The Bertz CT molecular complexity index is 433. The zero-order valence-corrected chi connectivity index (χ0v) is 8.49. The summed E-state index contributed by atoms with van der Waals surface area (Å²) < 4.78 is 1.88. The maximum Gasteiger partial charge on any atom is 0.155 e. The fraction of sp³-hybridized carbons (Fsp3) is 0.400. The smallest absolute Gasteiger partial charge is 0.155 e. The molecule has 2 rings (SSSR count). The first-order valence-corrected chi connectivity index (χ1v) is 4.76.